The van der Waals surface area contributed by atoms with E-state index in [9.17, 15) is 0 Å². The second-order valence-electron chi connectivity index (χ2n) is 2.99. The highest BCUT2D eigenvalue weighted by Gasteiger charge is 2.19. The molecule has 2 heteroatoms. The van der Waals surface area contributed by atoms with Gasteiger partial charge in [0.05, 0.1) is 0 Å². The zero-order chi connectivity index (χ0) is 7.40. The van der Waals surface area contributed by atoms with Crippen molar-refractivity contribution in [1.82, 2.24) is 4.90 Å². The lowest BCUT2D eigenvalue weighted by atomic mass is 10.0. The average molecular weight is 138 g/mol. The minimum Gasteiger partial charge on any atom is -0.310 e. The number of hydrogen-bond acceptors (Lipinski definition) is 2. The van der Waals surface area contributed by atoms with Gasteiger partial charge in [0.2, 0.25) is 0 Å². The first kappa shape index (κ1) is 7.40. The fourth-order valence-corrected chi connectivity index (χ4v) is 1.57. The fraction of sp³-hybridized carbons (Fsp3) is 0.875. The van der Waals surface area contributed by atoms with Crippen LogP contribution in [0.15, 0.2) is 0 Å². The molecule has 1 atom stereocenters. The van der Waals surface area contributed by atoms with E-state index in [-0.39, 0.29) is 0 Å². The van der Waals surface area contributed by atoms with Crippen molar-refractivity contribution in [2.45, 2.75) is 26.2 Å². The van der Waals surface area contributed by atoms with Crippen LogP contribution in [0, 0.1) is 17.4 Å². The van der Waals surface area contributed by atoms with Crippen LogP contribution >= 0.6 is 0 Å². The van der Waals surface area contributed by atoms with Crippen LogP contribution in [-0.2, 0) is 0 Å². The van der Waals surface area contributed by atoms with E-state index in [1.807, 2.05) is 4.90 Å². The van der Waals surface area contributed by atoms with Gasteiger partial charge in [-0.1, -0.05) is 13.3 Å². The van der Waals surface area contributed by atoms with Crippen molar-refractivity contribution in [3.63, 3.8) is 0 Å². The van der Waals surface area contributed by atoms with Crippen LogP contribution in [0.3, 0.4) is 0 Å². The molecular formula is C8H14N2. The van der Waals surface area contributed by atoms with Gasteiger partial charge in [0.15, 0.2) is 6.19 Å². The zero-order valence-corrected chi connectivity index (χ0v) is 6.51. The second kappa shape index (κ2) is 3.46. The molecule has 0 N–H and O–H groups in total. The highest BCUT2D eigenvalue weighted by molar-refractivity contribution is 4.83. The molecule has 0 aromatic carbocycles. The summed E-state index contributed by atoms with van der Waals surface area (Å²) >= 11 is 0. The van der Waals surface area contributed by atoms with Crippen molar-refractivity contribution in [2.24, 2.45) is 5.92 Å². The Hall–Kier alpha value is -0.710. The van der Waals surface area contributed by atoms with Gasteiger partial charge < -0.3 is 4.90 Å². The Bertz CT molecular complexity index is 137. The van der Waals surface area contributed by atoms with E-state index in [4.69, 9.17) is 5.26 Å². The quantitative estimate of drug-likeness (QED) is 0.542. The number of hydrogen-bond donors (Lipinski definition) is 0. The first-order chi connectivity index (χ1) is 4.86. The number of nitriles is 1. The summed E-state index contributed by atoms with van der Waals surface area (Å²) in [6.45, 7) is 4.19. The Labute approximate surface area is 62.4 Å². The number of likely N-dealkylation sites (tertiary alicyclic amines) is 1. The van der Waals surface area contributed by atoms with Gasteiger partial charge in [-0.2, -0.15) is 5.26 Å². The molecule has 0 amide bonds. The molecular weight excluding hydrogens is 124 g/mol. The second-order valence-corrected chi connectivity index (χ2v) is 2.99. The van der Waals surface area contributed by atoms with Gasteiger partial charge in [-0.05, 0) is 18.8 Å². The molecule has 0 spiro atoms. The molecule has 10 heavy (non-hydrogen) atoms. The lowest BCUT2D eigenvalue weighted by molar-refractivity contribution is 0.438. The largest absolute Gasteiger partial charge is 0.310 e. The minimum atomic E-state index is 0.796. The summed E-state index contributed by atoms with van der Waals surface area (Å²) in [6, 6.07) is 0. The van der Waals surface area contributed by atoms with Gasteiger partial charge in [-0.3, -0.25) is 0 Å². The third-order valence-corrected chi connectivity index (χ3v) is 2.12. The summed E-state index contributed by atoms with van der Waals surface area (Å²) in [5, 5.41) is 8.53. The summed E-state index contributed by atoms with van der Waals surface area (Å²) in [5.74, 6) is 0.796. The van der Waals surface area contributed by atoms with E-state index in [2.05, 4.69) is 13.1 Å². The van der Waals surface area contributed by atoms with Crippen LogP contribution in [-0.4, -0.2) is 18.0 Å². The van der Waals surface area contributed by atoms with Gasteiger partial charge in [-0.15, -0.1) is 0 Å². The van der Waals surface area contributed by atoms with Crippen LogP contribution in [0.4, 0.5) is 0 Å². The van der Waals surface area contributed by atoms with E-state index < -0.39 is 0 Å². The van der Waals surface area contributed by atoms with Crippen molar-refractivity contribution in [2.75, 3.05) is 13.1 Å². The molecule has 56 valence electrons. The van der Waals surface area contributed by atoms with Crippen LogP contribution in [0.5, 0.6) is 0 Å². The van der Waals surface area contributed by atoms with Crippen LogP contribution in [0.1, 0.15) is 26.2 Å². The maximum absolute atomic E-state index is 8.53. The Morgan fingerprint density at radius 1 is 1.70 bits per heavy atom. The molecule has 0 saturated carbocycles. The number of rotatable bonds is 2. The van der Waals surface area contributed by atoms with E-state index in [1.165, 1.54) is 19.3 Å². The monoisotopic (exact) mass is 138 g/mol. The van der Waals surface area contributed by atoms with E-state index in [0.717, 1.165) is 19.0 Å². The molecule has 1 saturated heterocycles. The Kier molecular flexibility index (Phi) is 2.56. The Morgan fingerprint density at radius 2 is 2.50 bits per heavy atom. The summed E-state index contributed by atoms with van der Waals surface area (Å²) in [6.07, 6.45) is 5.95. The fourth-order valence-electron chi connectivity index (χ4n) is 1.57. The maximum atomic E-state index is 8.53. The van der Waals surface area contributed by atoms with Crippen LogP contribution in [0.2, 0.25) is 0 Å². The minimum absolute atomic E-state index is 0.796. The van der Waals surface area contributed by atoms with Crippen molar-refractivity contribution < 1.29 is 0 Å². The lowest BCUT2D eigenvalue weighted by Crippen LogP contribution is -2.13. The lowest BCUT2D eigenvalue weighted by Gasteiger charge is -2.06. The van der Waals surface area contributed by atoms with Gasteiger partial charge in [0, 0.05) is 13.1 Å². The Balaban J connectivity index is 2.23. The molecule has 1 rings (SSSR count). The molecule has 0 aliphatic carbocycles. The molecule has 1 heterocycles. The van der Waals surface area contributed by atoms with Gasteiger partial charge in [-0.25, -0.2) is 0 Å². The van der Waals surface area contributed by atoms with E-state index in [0.29, 0.717) is 0 Å². The first-order valence-electron chi connectivity index (χ1n) is 4.01. The predicted octanol–water partition coefficient (Wildman–Crippen LogP) is 1.59. The van der Waals surface area contributed by atoms with E-state index in [1.54, 1.807) is 0 Å². The zero-order valence-electron chi connectivity index (χ0n) is 6.51. The molecule has 1 aliphatic heterocycles. The number of nitrogens with zero attached hydrogens (tertiary/aromatic N) is 2. The highest BCUT2D eigenvalue weighted by Crippen LogP contribution is 2.19. The predicted molar refractivity (Wildman–Crippen MR) is 40.2 cm³/mol. The van der Waals surface area contributed by atoms with Crippen molar-refractivity contribution in [3.05, 3.63) is 0 Å². The van der Waals surface area contributed by atoms with Gasteiger partial charge >= 0.3 is 0 Å². The molecule has 2 nitrogen and oxygen atoms in total. The van der Waals surface area contributed by atoms with E-state index >= 15 is 0 Å². The third kappa shape index (κ3) is 1.63. The van der Waals surface area contributed by atoms with Crippen molar-refractivity contribution in [1.29, 1.82) is 5.26 Å². The summed E-state index contributed by atoms with van der Waals surface area (Å²) in [4.78, 5) is 1.86. The van der Waals surface area contributed by atoms with Crippen molar-refractivity contribution >= 4 is 0 Å². The Morgan fingerprint density at radius 3 is 3.00 bits per heavy atom. The average Bonchev–Trinajstić information content (AvgIpc) is 2.37. The molecule has 0 bridgehead atoms. The van der Waals surface area contributed by atoms with Crippen molar-refractivity contribution in [3.8, 4) is 6.19 Å². The van der Waals surface area contributed by atoms with Crippen LogP contribution < -0.4 is 0 Å². The summed E-state index contributed by atoms with van der Waals surface area (Å²) < 4.78 is 0. The molecule has 0 aromatic rings. The highest BCUT2D eigenvalue weighted by atomic mass is 15.1. The molecule has 1 fully saturated rings. The standard InChI is InChI=1S/C8H14N2/c1-2-3-8-4-5-10(6-8)7-9/h8H,2-6H2,1H3. The summed E-state index contributed by atoms with van der Waals surface area (Å²) in [5.41, 5.74) is 0. The first-order valence-corrected chi connectivity index (χ1v) is 4.01. The maximum Gasteiger partial charge on any atom is 0.179 e. The topological polar surface area (TPSA) is 27.0 Å². The SMILES string of the molecule is CCCC1CCN(C#N)C1. The van der Waals surface area contributed by atoms with Crippen LogP contribution in [0.25, 0.3) is 0 Å². The molecule has 1 unspecified atom stereocenters. The van der Waals surface area contributed by atoms with Gasteiger partial charge in [0.25, 0.3) is 0 Å². The third-order valence-electron chi connectivity index (χ3n) is 2.12. The normalized spacial score (nSPS) is 24.8. The van der Waals surface area contributed by atoms with Gasteiger partial charge in [0.1, 0.15) is 0 Å². The smallest absolute Gasteiger partial charge is 0.179 e. The molecule has 0 aromatic heterocycles. The molecule has 1 aliphatic rings. The summed E-state index contributed by atoms with van der Waals surface area (Å²) in [7, 11) is 0. The molecule has 0 radical (unpaired) electrons.